The summed E-state index contributed by atoms with van der Waals surface area (Å²) in [4.78, 5) is 26.3. The van der Waals surface area contributed by atoms with Crippen LogP contribution in [0.3, 0.4) is 0 Å². The highest BCUT2D eigenvalue weighted by Gasteiger charge is 2.21. The summed E-state index contributed by atoms with van der Waals surface area (Å²) < 4.78 is 6.59. The maximum Gasteiger partial charge on any atom is 0.332 e. The molecule has 1 aromatic carbocycles. The van der Waals surface area contributed by atoms with Crippen LogP contribution in [0.4, 0.5) is 0 Å². The first-order chi connectivity index (χ1) is 9.04. The van der Waals surface area contributed by atoms with E-state index in [9.17, 15) is 9.59 Å². The number of benzene rings is 1. The Morgan fingerprint density at radius 1 is 1.37 bits per heavy atom. The van der Waals surface area contributed by atoms with Crippen LogP contribution in [-0.2, 0) is 9.53 Å². The molecule has 5 heteroatoms. The Hall–Kier alpha value is -2.30. The van der Waals surface area contributed by atoms with E-state index in [0.717, 1.165) is 16.6 Å². The molecular formula is C14H14N2O3. The Balaban J connectivity index is 2.23. The highest BCUT2D eigenvalue weighted by molar-refractivity contribution is 5.91. The number of aryl methyl sites for hydroxylation is 1. The summed E-state index contributed by atoms with van der Waals surface area (Å²) in [7, 11) is 0. The second-order valence-electron chi connectivity index (χ2n) is 4.87. The standard InChI is InChI=1S/C14H14N2O3/c1-8-3-4-12-11(5-8)15-14(18)16(12)10-6-9(2)19-13(17)7-10/h3-5,7,9H,6H2,1-2H3,(H,15,18). The van der Waals surface area contributed by atoms with Gasteiger partial charge in [-0.1, -0.05) is 6.07 Å². The molecule has 1 atom stereocenters. The molecule has 2 aromatic rings. The molecule has 0 bridgehead atoms. The van der Waals surface area contributed by atoms with Crippen LogP contribution in [0.5, 0.6) is 0 Å². The number of cyclic esters (lactones) is 1. The van der Waals surface area contributed by atoms with Crippen molar-refractivity contribution < 1.29 is 9.53 Å². The Bertz CT molecular complexity index is 752. The largest absolute Gasteiger partial charge is 0.459 e. The van der Waals surface area contributed by atoms with Crippen molar-refractivity contribution in [3.05, 3.63) is 40.3 Å². The molecule has 0 saturated carbocycles. The number of ether oxygens (including phenoxy) is 1. The molecule has 19 heavy (non-hydrogen) atoms. The molecule has 3 rings (SSSR count). The number of aromatic nitrogens is 2. The molecule has 1 unspecified atom stereocenters. The third-order valence-corrected chi connectivity index (χ3v) is 3.22. The number of fused-ring (bicyclic) bond motifs is 1. The van der Waals surface area contributed by atoms with Crippen LogP contribution in [-0.4, -0.2) is 21.6 Å². The predicted octanol–water partition coefficient (Wildman–Crippen LogP) is 1.81. The molecule has 98 valence electrons. The van der Waals surface area contributed by atoms with E-state index >= 15 is 0 Å². The zero-order valence-corrected chi connectivity index (χ0v) is 10.8. The number of aromatic amines is 1. The van der Waals surface area contributed by atoms with Gasteiger partial charge in [0.1, 0.15) is 6.10 Å². The maximum atomic E-state index is 12.1. The Morgan fingerprint density at radius 3 is 2.89 bits per heavy atom. The first-order valence-corrected chi connectivity index (χ1v) is 6.17. The van der Waals surface area contributed by atoms with Crippen LogP contribution in [0.1, 0.15) is 18.9 Å². The fourth-order valence-electron chi connectivity index (χ4n) is 2.43. The first kappa shape index (κ1) is 11.8. The lowest BCUT2D eigenvalue weighted by Gasteiger charge is -2.20. The lowest BCUT2D eigenvalue weighted by atomic mass is 10.1. The lowest BCUT2D eigenvalue weighted by Crippen LogP contribution is -2.25. The van der Waals surface area contributed by atoms with Gasteiger partial charge in [-0.15, -0.1) is 0 Å². The number of carbonyl (C=O) groups is 1. The van der Waals surface area contributed by atoms with Crippen molar-refractivity contribution in [2.75, 3.05) is 0 Å². The first-order valence-electron chi connectivity index (χ1n) is 6.17. The topological polar surface area (TPSA) is 64.1 Å². The maximum absolute atomic E-state index is 12.1. The van der Waals surface area contributed by atoms with E-state index in [2.05, 4.69) is 4.98 Å². The van der Waals surface area contributed by atoms with Crippen molar-refractivity contribution in [1.29, 1.82) is 0 Å². The summed E-state index contributed by atoms with van der Waals surface area (Å²) >= 11 is 0. The molecule has 0 fully saturated rings. The molecular weight excluding hydrogens is 244 g/mol. The molecule has 0 spiro atoms. The molecule has 1 aliphatic heterocycles. The molecule has 1 aromatic heterocycles. The normalized spacial score (nSPS) is 19.4. The van der Waals surface area contributed by atoms with Crippen molar-refractivity contribution in [1.82, 2.24) is 9.55 Å². The van der Waals surface area contributed by atoms with E-state index in [1.807, 2.05) is 32.0 Å². The van der Waals surface area contributed by atoms with E-state index in [0.29, 0.717) is 12.1 Å². The number of H-pyrrole nitrogens is 1. The van der Waals surface area contributed by atoms with Crippen LogP contribution in [0.15, 0.2) is 29.1 Å². The van der Waals surface area contributed by atoms with Crippen molar-refractivity contribution in [3.63, 3.8) is 0 Å². The average Bonchev–Trinajstić information content (AvgIpc) is 2.62. The third-order valence-electron chi connectivity index (χ3n) is 3.22. The number of hydrogen-bond acceptors (Lipinski definition) is 3. The zero-order valence-electron chi connectivity index (χ0n) is 10.8. The quantitative estimate of drug-likeness (QED) is 0.793. The van der Waals surface area contributed by atoms with Gasteiger partial charge < -0.3 is 9.72 Å². The zero-order chi connectivity index (χ0) is 13.6. The molecule has 1 aliphatic rings. The molecule has 5 nitrogen and oxygen atoms in total. The molecule has 0 amide bonds. The second-order valence-corrected chi connectivity index (χ2v) is 4.87. The fourth-order valence-corrected chi connectivity index (χ4v) is 2.43. The predicted molar refractivity (Wildman–Crippen MR) is 71.7 cm³/mol. The van der Waals surface area contributed by atoms with Crippen LogP contribution in [0, 0.1) is 6.92 Å². The van der Waals surface area contributed by atoms with Gasteiger partial charge in [-0.25, -0.2) is 9.59 Å². The summed E-state index contributed by atoms with van der Waals surface area (Å²) in [5.41, 5.74) is 3.07. The number of esters is 1. The molecule has 0 radical (unpaired) electrons. The van der Waals surface area contributed by atoms with Gasteiger partial charge in [0.15, 0.2) is 0 Å². The molecule has 0 saturated heterocycles. The van der Waals surface area contributed by atoms with Crippen molar-refractivity contribution in [2.45, 2.75) is 26.4 Å². The number of nitrogens with one attached hydrogen (secondary N) is 1. The summed E-state index contributed by atoms with van der Waals surface area (Å²) in [5, 5.41) is 0. The smallest absolute Gasteiger partial charge is 0.332 e. The van der Waals surface area contributed by atoms with Gasteiger partial charge >= 0.3 is 11.7 Å². The highest BCUT2D eigenvalue weighted by atomic mass is 16.5. The van der Waals surface area contributed by atoms with E-state index in [4.69, 9.17) is 4.74 Å². The van der Waals surface area contributed by atoms with E-state index in [1.54, 1.807) is 4.57 Å². The third kappa shape index (κ3) is 1.97. The monoisotopic (exact) mass is 258 g/mol. The number of rotatable bonds is 1. The van der Waals surface area contributed by atoms with Crippen LogP contribution < -0.4 is 5.69 Å². The summed E-state index contributed by atoms with van der Waals surface area (Å²) in [6.07, 6.45) is 1.70. The van der Waals surface area contributed by atoms with E-state index in [-0.39, 0.29) is 11.8 Å². The van der Waals surface area contributed by atoms with Gasteiger partial charge in [-0.05, 0) is 31.5 Å². The van der Waals surface area contributed by atoms with Crippen molar-refractivity contribution in [2.24, 2.45) is 0 Å². The lowest BCUT2D eigenvalue weighted by molar-refractivity contribution is -0.142. The van der Waals surface area contributed by atoms with Crippen molar-refractivity contribution in [3.8, 4) is 0 Å². The van der Waals surface area contributed by atoms with E-state index in [1.165, 1.54) is 6.08 Å². The summed E-state index contributed by atoms with van der Waals surface area (Å²) in [6.45, 7) is 3.78. The highest BCUT2D eigenvalue weighted by Crippen LogP contribution is 2.22. The van der Waals surface area contributed by atoms with Crippen molar-refractivity contribution >= 4 is 22.7 Å². The average molecular weight is 258 g/mol. The van der Waals surface area contributed by atoms with Crippen LogP contribution >= 0.6 is 0 Å². The van der Waals surface area contributed by atoms with Gasteiger partial charge in [0.25, 0.3) is 0 Å². The molecule has 0 aliphatic carbocycles. The Morgan fingerprint density at radius 2 is 2.16 bits per heavy atom. The number of carbonyl (C=O) groups excluding carboxylic acids is 1. The summed E-state index contributed by atoms with van der Waals surface area (Å²) in [6, 6.07) is 5.74. The fraction of sp³-hybridized carbons (Fsp3) is 0.286. The van der Waals surface area contributed by atoms with Gasteiger partial charge in [0.2, 0.25) is 0 Å². The number of hydrogen-bond donors (Lipinski definition) is 1. The van der Waals surface area contributed by atoms with Gasteiger partial charge in [0.05, 0.1) is 11.0 Å². The second kappa shape index (κ2) is 4.12. The molecule has 1 N–H and O–H groups in total. The van der Waals surface area contributed by atoms with Gasteiger partial charge in [0, 0.05) is 18.2 Å². The minimum absolute atomic E-state index is 0.213. The van der Waals surface area contributed by atoms with Crippen LogP contribution in [0.25, 0.3) is 16.7 Å². The van der Waals surface area contributed by atoms with E-state index < -0.39 is 5.97 Å². The van der Waals surface area contributed by atoms with Gasteiger partial charge in [-0.3, -0.25) is 4.57 Å². The number of imidazole rings is 1. The van der Waals surface area contributed by atoms with Gasteiger partial charge in [-0.2, -0.15) is 0 Å². The SMILES string of the molecule is Cc1ccc2c(c1)[nH]c(=O)n2C1=CC(=O)OC(C)C1. The van der Waals surface area contributed by atoms with Crippen LogP contribution in [0.2, 0.25) is 0 Å². The Kier molecular flexibility index (Phi) is 2.55. The Labute approximate surface area is 109 Å². The summed E-state index contributed by atoms with van der Waals surface area (Å²) in [5.74, 6) is -0.401. The molecule has 2 heterocycles. The minimum atomic E-state index is -0.401. The minimum Gasteiger partial charge on any atom is -0.459 e. The number of nitrogens with zero attached hydrogens (tertiary/aromatic N) is 1.